The number of halogens is 1. The van der Waals surface area contributed by atoms with E-state index in [1.807, 2.05) is 18.5 Å². The van der Waals surface area contributed by atoms with Gasteiger partial charge in [-0.2, -0.15) is 4.98 Å². The van der Waals surface area contributed by atoms with E-state index in [0.29, 0.717) is 18.4 Å². The Morgan fingerprint density at radius 3 is 2.61 bits per heavy atom. The van der Waals surface area contributed by atoms with Crippen molar-refractivity contribution in [1.82, 2.24) is 19.4 Å². The number of rotatable bonds is 7. The van der Waals surface area contributed by atoms with Crippen LogP contribution in [0.5, 0.6) is 0 Å². The quantitative estimate of drug-likeness (QED) is 0.653. The van der Waals surface area contributed by atoms with Crippen LogP contribution in [-0.4, -0.2) is 45.7 Å². The second-order valence-electron chi connectivity index (χ2n) is 7.39. The molecule has 1 aliphatic heterocycles. The van der Waals surface area contributed by atoms with Crippen molar-refractivity contribution in [2.75, 3.05) is 31.6 Å². The number of aromatic nitrogens is 3. The Kier molecular flexibility index (Phi) is 5.86. The van der Waals surface area contributed by atoms with Crippen LogP contribution in [0.1, 0.15) is 30.7 Å². The first-order chi connectivity index (χ1) is 13.8. The average Bonchev–Trinajstić information content (AvgIpc) is 3.12. The number of anilines is 2. The van der Waals surface area contributed by atoms with Crippen LogP contribution >= 0.6 is 0 Å². The maximum atomic E-state index is 12.5. The molecule has 28 heavy (non-hydrogen) atoms. The number of fused-ring (bicyclic) bond motifs is 1. The summed E-state index contributed by atoms with van der Waals surface area (Å²) >= 11 is 0. The highest BCUT2D eigenvalue weighted by Crippen LogP contribution is 2.29. The van der Waals surface area contributed by atoms with Gasteiger partial charge in [0.1, 0.15) is 12.3 Å². The van der Waals surface area contributed by atoms with Crippen LogP contribution in [0, 0.1) is 6.92 Å². The summed E-state index contributed by atoms with van der Waals surface area (Å²) < 4.78 is 14.6. The van der Waals surface area contributed by atoms with Crippen LogP contribution in [-0.2, 0) is 6.54 Å². The van der Waals surface area contributed by atoms with Gasteiger partial charge >= 0.3 is 0 Å². The minimum Gasteiger partial charge on any atom is -0.332 e. The highest BCUT2D eigenvalue weighted by atomic mass is 19.1. The number of piperidine rings is 1. The maximum Gasteiger partial charge on any atom is 0.229 e. The molecule has 1 N–H and O–H groups in total. The lowest BCUT2D eigenvalue weighted by molar-refractivity contribution is 0.197. The summed E-state index contributed by atoms with van der Waals surface area (Å²) in [5, 5.41) is 4.34. The Balaban J connectivity index is 1.42. The molecule has 2 aromatic heterocycles. The smallest absolute Gasteiger partial charge is 0.229 e. The van der Waals surface area contributed by atoms with Crippen molar-refractivity contribution in [2.24, 2.45) is 0 Å². The molecule has 0 aliphatic carbocycles. The zero-order chi connectivity index (χ0) is 19.3. The maximum absolute atomic E-state index is 12.5. The molecule has 4 rings (SSSR count). The molecule has 6 heteroatoms. The van der Waals surface area contributed by atoms with E-state index in [1.54, 1.807) is 0 Å². The number of hydrogen-bond acceptors (Lipinski definition) is 4. The Morgan fingerprint density at radius 2 is 1.89 bits per heavy atom. The third kappa shape index (κ3) is 4.17. The molecule has 0 unspecified atom stereocenters. The fourth-order valence-electron chi connectivity index (χ4n) is 3.96. The highest BCUT2D eigenvalue weighted by molar-refractivity contribution is 5.76. The summed E-state index contributed by atoms with van der Waals surface area (Å²) in [6.07, 6.45) is 6.89. The van der Waals surface area contributed by atoms with Gasteiger partial charge in [0.25, 0.3) is 0 Å². The average molecular weight is 380 g/mol. The van der Waals surface area contributed by atoms with E-state index in [1.165, 1.54) is 5.56 Å². The van der Waals surface area contributed by atoms with Crippen LogP contribution in [0.4, 0.5) is 16.0 Å². The van der Waals surface area contributed by atoms with Gasteiger partial charge in [-0.3, -0.25) is 0 Å². The molecule has 0 atom stereocenters. The number of alkyl halides is 1. The Labute approximate surface area is 165 Å². The topological polar surface area (TPSA) is 46.0 Å². The van der Waals surface area contributed by atoms with E-state index in [-0.39, 0.29) is 6.67 Å². The number of likely N-dealkylation sites (tertiary alicyclic amines) is 1. The van der Waals surface area contributed by atoms with E-state index in [4.69, 9.17) is 0 Å². The molecule has 0 spiro atoms. The van der Waals surface area contributed by atoms with Gasteiger partial charge in [-0.25, -0.2) is 9.37 Å². The van der Waals surface area contributed by atoms with Crippen molar-refractivity contribution < 1.29 is 4.39 Å². The number of nitrogens with zero attached hydrogens (tertiary/aromatic N) is 4. The number of nitrogens with one attached hydrogen (secondary N) is 1. The SMILES string of the molecule is [CH2]CCn1ccc2cnc(Nc3ccc(C4CCN(CCF)CC4)cc3)nc21. The van der Waals surface area contributed by atoms with Gasteiger partial charge in [0.15, 0.2) is 0 Å². The van der Waals surface area contributed by atoms with Crippen LogP contribution < -0.4 is 5.32 Å². The first-order valence-electron chi connectivity index (χ1n) is 10.0. The van der Waals surface area contributed by atoms with Gasteiger partial charge in [0, 0.05) is 36.6 Å². The lowest BCUT2D eigenvalue weighted by Crippen LogP contribution is -2.34. The lowest BCUT2D eigenvalue weighted by atomic mass is 9.89. The van der Waals surface area contributed by atoms with E-state index < -0.39 is 0 Å². The summed E-state index contributed by atoms with van der Waals surface area (Å²) in [5.41, 5.74) is 3.26. The Hall–Kier alpha value is -2.47. The van der Waals surface area contributed by atoms with Gasteiger partial charge in [0.2, 0.25) is 5.95 Å². The van der Waals surface area contributed by atoms with Crippen molar-refractivity contribution in [3.63, 3.8) is 0 Å². The number of benzene rings is 1. The molecule has 0 saturated carbocycles. The summed E-state index contributed by atoms with van der Waals surface area (Å²) in [4.78, 5) is 11.3. The third-order valence-electron chi connectivity index (χ3n) is 5.53. The molecule has 5 nitrogen and oxygen atoms in total. The summed E-state index contributed by atoms with van der Waals surface area (Å²) in [7, 11) is 0. The molecule has 1 aliphatic rings. The molecule has 3 heterocycles. The van der Waals surface area contributed by atoms with E-state index in [9.17, 15) is 4.39 Å². The molecular formula is C22H27FN5. The zero-order valence-corrected chi connectivity index (χ0v) is 16.1. The lowest BCUT2D eigenvalue weighted by Gasteiger charge is -2.31. The molecule has 3 aromatic rings. The molecule has 1 radical (unpaired) electrons. The van der Waals surface area contributed by atoms with Crippen molar-refractivity contribution in [2.45, 2.75) is 31.7 Å². The van der Waals surface area contributed by atoms with Gasteiger partial charge in [-0.15, -0.1) is 0 Å². The van der Waals surface area contributed by atoms with Crippen LogP contribution in [0.3, 0.4) is 0 Å². The predicted octanol–water partition coefficient (Wildman–Crippen LogP) is 4.55. The number of hydrogen-bond donors (Lipinski definition) is 1. The largest absolute Gasteiger partial charge is 0.332 e. The molecule has 1 aromatic carbocycles. The van der Waals surface area contributed by atoms with Gasteiger partial charge in [-0.05, 0) is 62.0 Å². The number of aryl methyl sites for hydroxylation is 1. The normalized spacial score (nSPS) is 15.9. The molecular weight excluding hydrogens is 353 g/mol. The zero-order valence-electron chi connectivity index (χ0n) is 16.1. The minimum atomic E-state index is -0.251. The molecule has 0 bridgehead atoms. The fourth-order valence-corrected chi connectivity index (χ4v) is 3.96. The van der Waals surface area contributed by atoms with Crippen LogP contribution in [0.25, 0.3) is 11.0 Å². The predicted molar refractivity (Wildman–Crippen MR) is 112 cm³/mol. The third-order valence-corrected chi connectivity index (χ3v) is 5.53. The van der Waals surface area contributed by atoms with Crippen molar-refractivity contribution in [3.05, 3.63) is 55.2 Å². The van der Waals surface area contributed by atoms with Crippen LogP contribution in [0.2, 0.25) is 0 Å². The summed E-state index contributed by atoms with van der Waals surface area (Å²) in [5.74, 6) is 1.16. The van der Waals surface area contributed by atoms with Crippen LogP contribution in [0.15, 0.2) is 42.7 Å². The summed E-state index contributed by atoms with van der Waals surface area (Å²) in [6.45, 7) is 7.04. The van der Waals surface area contributed by atoms with Crippen molar-refractivity contribution in [1.29, 1.82) is 0 Å². The summed E-state index contributed by atoms with van der Waals surface area (Å²) in [6, 6.07) is 10.6. The highest BCUT2D eigenvalue weighted by Gasteiger charge is 2.20. The van der Waals surface area contributed by atoms with Gasteiger partial charge < -0.3 is 14.8 Å². The monoisotopic (exact) mass is 380 g/mol. The van der Waals surface area contributed by atoms with E-state index in [2.05, 4.69) is 55.9 Å². The molecule has 147 valence electrons. The second kappa shape index (κ2) is 8.69. The van der Waals surface area contributed by atoms with Crippen molar-refractivity contribution >= 4 is 22.7 Å². The minimum absolute atomic E-state index is 0.251. The standard InChI is InChI=1S/C22H27FN5/c1-2-11-28-14-9-19-16-24-22(26-21(19)28)25-20-5-3-17(4-6-20)18-7-12-27(13-8-18)15-10-23/h3-6,9,14,16,18H,1-2,7-8,10-13,15H2,(H,24,25,26). The first kappa shape index (κ1) is 18.9. The van der Waals surface area contributed by atoms with E-state index in [0.717, 1.165) is 55.6 Å². The van der Waals surface area contributed by atoms with Gasteiger partial charge in [0.05, 0.1) is 0 Å². The molecule has 1 fully saturated rings. The second-order valence-corrected chi connectivity index (χ2v) is 7.39. The van der Waals surface area contributed by atoms with E-state index >= 15 is 0 Å². The molecule has 1 saturated heterocycles. The first-order valence-corrected chi connectivity index (χ1v) is 10.0. The van der Waals surface area contributed by atoms with Crippen molar-refractivity contribution in [3.8, 4) is 0 Å². The van der Waals surface area contributed by atoms with Gasteiger partial charge in [-0.1, -0.05) is 19.1 Å². The fraction of sp³-hybridized carbons (Fsp3) is 0.409. The Morgan fingerprint density at radius 1 is 1.11 bits per heavy atom. The Bertz CT molecular complexity index is 897. The molecule has 0 amide bonds.